The Morgan fingerprint density at radius 2 is 2.11 bits per heavy atom. The van der Waals surface area contributed by atoms with Gasteiger partial charge in [0.25, 0.3) is 5.91 Å². The Morgan fingerprint density at radius 1 is 1.37 bits per heavy atom. The number of carbonyl (C=O) groups excluding carboxylic acids is 1. The zero-order chi connectivity index (χ0) is 14.0. The summed E-state index contributed by atoms with van der Waals surface area (Å²) in [5, 5.41) is 2.57. The molecule has 1 heterocycles. The van der Waals surface area contributed by atoms with Gasteiger partial charge in [0.15, 0.2) is 0 Å². The number of thiophene rings is 1. The van der Waals surface area contributed by atoms with E-state index in [9.17, 15) is 9.18 Å². The second-order valence-electron chi connectivity index (χ2n) is 3.58. The lowest BCUT2D eigenvalue weighted by molar-refractivity contribution is 0.103. The molecule has 2 aromatic rings. The first-order valence-electron chi connectivity index (χ1n) is 5.14. The highest BCUT2D eigenvalue weighted by molar-refractivity contribution is 7.80. The van der Waals surface area contributed by atoms with E-state index in [0.717, 1.165) is 11.3 Å². The minimum Gasteiger partial charge on any atom is -0.389 e. The first kappa shape index (κ1) is 13.9. The summed E-state index contributed by atoms with van der Waals surface area (Å²) in [4.78, 5) is 12.3. The maximum Gasteiger partial charge on any atom is 0.265 e. The molecule has 98 valence electrons. The summed E-state index contributed by atoms with van der Waals surface area (Å²) >= 11 is 11.7. The van der Waals surface area contributed by atoms with Crippen molar-refractivity contribution in [3.8, 4) is 0 Å². The first-order chi connectivity index (χ1) is 8.99. The van der Waals surface area contributed by atoms with E-state index in [1.54, 1.807) is 12.1 Å². The predicted molar refractivity (Wildman–Crippen MR) is 79.6 cm³/mol. The van der Waals surface area contributed by atoms with E-state index in [0.29, 0.717) is 9.21 Å². The Bertz CT molecular complexity index is 657. The van der Waals surface area contributed by atoms with Crippen LogP contribution in [0.3, 0.4) is 0 Å². The number of halogens is 2. The number of anilines is 1. The summed E-state index contributed by atoms with van der Waals surface area (Å²) < 4.78 is 14.1. The van der Waals surface area contributed by atoms with E-state index >= 15 is 0 Å². The largest absolute Gasteiger partial charge is 0.389 e. The van der Waals surface area contributed by atoms with Gasteiger partial charge in [-0.1, -0.05) is 29.9 Å². The van der Waals surface area contributed by atoms with Gasteiger partial charge in [-0.15, -0.1) is 11.3 Å². The van der Waals surface area contributed by atoms with E-state index in [1.165, 1.54) is 18.2 Å². The van der Waals surface area contributed by atoms with Crippen LogP contribution in [-0.4, -0.2) is 10.9 Å². The molecule has 3 nitrogen and oxygen atoms in total. The molecule has 0 radical (unpaired) electrons. The number of benzene rings is 1. The Morgan fingerprint density at radius 3 is 2.68 bits per heavy atom. The van der Waals surface area contributed by atoms with Gasteiger partial charge >= 0.3 is 0 Å². The van der Waals surface area contributed by atoms with Crippen molar-refractivity contribution in [2.45, 2.75) is 0 Å². The molecule has 1 amide bonds. The van der Waals surface area contributed by atoms with E-state index in [1.807, 2.05) is 0 Å². The molecule has 2 rings (SSSR count). The van der Waals surface area contributed by atoms with Gasteiger partial charge in [0.1, 0.15) is 10.8 Å². The molecule has 1 aromatic heterocycles. The monoisotopic (exact) mass is 314 g/mol. The average molecular weight is 315 g/mol. The summed E-state index contributed by atoms with van der Waals surface area (Å²) in [6.45, 7) is 0. The van der Waals surface area contributed by atoms with Crippen molar-refractivity contribution in [3.05, 3.63) is 50.9 Å². The summed E-state index contributed by atoms with van der Waals surface area (Å²) in [6.07, 6.45) is 0. The van der Waals surface area contributed by atoms with Crippen molar-refractivity contribution < 1.29 is 9.18 Å². The smallest absolute Gasteiger partial charge is 0.265 e. The number of hydrogen-bond donors (Lipinski definition) is 2. The number of thiocarbonyl (C=S) groups is 1. The highest BCUT2D eigenvalue weighted by atomic mass is 35.5. The van der Waals surface area contributed by atoms with Crippen LogP contribution < -0.4 is 11.1 Å². The van der Waals surface area contributed by atoms with Gasteiger partial charge in [0.05, 0.1) is 20.5 Å². The Hall–Kier alpha value is -1.50. The Kier molecular flexibility index (Phi) is 4.14. The second-order valence-corrected chi connectivity index (χ2v) is 5.74. The van der Waals surface area contributed by atoms with E-state index < -0.39 is 5.82 Å². The van der Waals surface area contributed by atoms with Gasteiger partial charge in [0.2, 0.25) is 0 Å². The van der Waals surface area contributed by atoms with Gasteiger partial charge in [-0.2, -0.15) is 0 Å². The van der Waals surface area contributed by atoms with Crippen LogP contribution in [0.25, 0.3) is 0 Å². The third-order valence-corrected chi connectivity index (χ3v) is 3.74. The normalized spacial score (nSPS) is 10.2. The maximum absolute atomic E-state index is 13.6. The fourth-order valence-electron chi connectivity index (χ4n) is 1.50. The molecule has 7 heteroatoms. The van der Waals surface area contributed by atoms with E-state index in [-0.39, 0.29) is 22.1 Å². The number of nitrogens with two attached hydrogens (primary N) is 1. The molecule has 0 bridgehead atoms. The van der Waals surface area contributed by atoms with Crippen LogP contribution in [0.4, 0.5) is 10.1 Å². The van der Waals surface area contributed by atoms with Gasteiger partial charge in [-0.05, 0) is 24.3 Å². The van der Waals surface area contributed by atoms with Crippen LogP contribution >= 0.6 is 35.2 Å². The SMILES string of the molecule is NC(=S)c1c(F)cccc1NC(=O)c1ccc(Cl)s1. The number of amides is 1. The highest BCUT2D eigenvalue weighted by Gasteiger charge is 2.15. The van der Waals surface area contributed by atoms with Crippen LogP contribution in [0.15, 0.2) is 30.3 Å². The van der Waals surface area contributed by atoms with Crippen LogP contribution in [0.5, 0.6) is 0 Å². The van der Waals surface area contributed by atoms with Crippen molar-refractivity contribution >= 4 is 51.7 Å². The van der Waals surface area contributed by atoms with Crippen LogP contribution in [0.2, 0.25) is 4.34 Å². The standard InChI is InChI=1S/C12H8ClFN2OS2/c13-9-5-4-8(19-9)12(17)16-7-3-1-2-6(14)10(7)11(15)18/h1-5H,(H2,15,18)(H,16,17). The minimum absolute atomic E-state index is 0.0218. The summed E-state index contributed by atoms with van der Waals surface area (Å²) in [7, 11) is 0. The predicted octanol–water partition coefficient (Wildman–Crippen LogP) is 3.43. The number of carbonyl (C=O) groups is 1. The number of hydrogen-bond acceptors (Lipinski definition) is 3. The molecule has 0 aliphatic rings. The lowest BCUT2D eigenvalue weighted by Gasteiger charge is -2.10. The van der Waals surface area contributed by atoms with Crippen molar-refractivity contribution in [2.75, 3.05) is 5.32 Å². The van der Waals surface area contributed by atoms with Crippen LogP contribution in [-0.2, 0) is 0 Å². The Balaban J connectivity index is 2.31. The quantitative estimate of drug-likeness (QED) is 0.853. The topological polar surface area (TPSA) is 55.1 Å². The zero-order valence-electron chi connectivity index (χ0n) is 9.44. The molecular formula is C12H8ClFN2OS2. The molecule has 0 aliphatic heterocycles. The van der Waals surface area contributed by atoms with Crippen molar-refractivity contribution in [1.29, 1.82) is 0 Å². The molecule has 3 N–H and O–H groups in total. The van der Waals surface area contributed by atoms with Crippen LogP contribution in [0.1, 0.15) is 15.2 Å². The third kappa shape index (κ3) is 3.09. The molecular weight excluding hydrogens is 307 g/mol. The van der Waals surface area contributed by atoms with Gasteiger partial charge in [0, 0.05) is 0 Å². The molecule has 0 unspecified atom stereocenters. The van der Waals surface area contributed by atoms with Gasteiger partial charge < -0.3 is 11.1 Å². The maximum atomic E-state index is 13.6. The summed E-state index contributed by atoms with van der Waals surface area (Å²) in [5.74, 6) is -0.963. The molecule has 0 spiro atoms. The number of rotatable bonds is 3. The summed E-state index contributed by atoms with van der Waals surface area (Å²) in [6, 6.07) is 7.42. The number of nitrogens with one attached hydrogen (secondary N) is 1. The highest BCUT2D eigenvalue weighted by Crippen LogP contribution is 2.24. The van der Waals surface area contributed by atoms with Crippen molar-refractivity contribution in [1.82, 2.24) is 0 Å². The molecule has 0 fully saturated rings. The fraction of sp³-hybridized carbons (Fsp3) is 0. The van der Waals surface area contributed by atoms with Crippen molar-refractivity contribution in [2.24, 2.45) is 5.73 Å². The molecule has 0 saturated carbocycles. The lowest BCUT2D eigenvalue weighted by atomic mass is 10.1. The third-order valence-electron chi connectivity index (χ3n) is 2.31. The zero-order valence-corrected chi connectivity index (χ0v) is 11.8. The first-order valence-corrected chi connectivity index (χ1v) is 6.74. The second kappa shape index (κ2) is 5.64. The van der Waals surface area contributed by atoms with E-state index in [2.05, 4.69) is 5.32 Å². The lowest BCUT2D eigenvalue weighted by Crippen LogP contribution is -2.18. The van der Waals surface area contributed by atoms with E-state index in [4.69, 9.17) is 29.6 Å². The molecule has 1 aromatic carbocycles. The Labute approximate surface area is 123 Å². The molecule has 0 aliphatic carbocycles. The van der Waals surface area contributed by atoms with Gasteiger partial charge in [-0.3, -0.25) is 4.79 Å². The molecule has 0 atom stereocenters. The summed E-state index contributed by atoms with van der Waals surface area (Å²) in [5.41, 5.74) is 5.72. The average Bonchev–Trinajstić information content (AvgIpc) is 2.75. The van der Waals surface area contributed by atoms with Crippen molar-refractivity contribution in [3.63, 3.8) is 0 Å². The minimum atomic E-state index is -0.575. The van der Waals surface area contributed by atoms with Crippen LogP contribution in [0, 0.1) is 5.82 Å². The molecule has 0 saturated heterocycles. The molecule has 19 heavy (non-hydrogen) atoms. The fourth-order valence-corrected chi connectivity index (χ4v) is 2.64. The van der Waals surface area contributed by atoms with Gasteiger partial charge in [-0.25, -0.2) is 4.39 Å².